The third-order valence-corrected chi connectivity index (χ3v) is 4.40. The van der Waals surface area contributed by atoms with Crippen molar-refractivity contribution in [3.05, 3.63) is 72.6 Å². The van der Waals surface area contributed by atoms with Gasteiger partial charge in [0.05, 0.1) is 17.6 Å². The lowest BCUT2D eigenvalue weighted by molar-refractivity contribution is 0.359. The van der Waals surface area contributed by atoms with Gasteiger partial charge in [-0.1, -0.05) is 43.0 Å². The van der Waals surface area contributed by atoms with Crippen LogP contribution in [0.15, 0.2) is 66.2 Å². The summed E-state index contributed by atoms with van der Waals surface area (Å²) in [6.45, 7) is 8.42. The van der Waals surface area contributed by atoms with Gasteiger partial charge in [-0.2, -0.15) is 0 Å². The third kappa shape index (κ3) is 7.05. The summed E-state index contributed by atoms with van der Waals surface area (Å²) in [6, 6.07) is 16.1. The fraction of sp³-hybridized carbons (Fsp3) is 0.304. The van der Waals surface area contributed by atoms with E-state index < -0.39 is 0 Å². The van der Waals surface area contributed by atoms with Gasteiger partial charge in [0.15, 0.2) is 5.96 Å². The number of aromatic nitrogens is 2. The van der Waals surface area contributed by atoms with Crippen molar-refractivity contribution in [2.75, 3.05) is 19.7 Å². The normalized spacial score (nSPS) is 11.0. The molecular weight excluding hydrogens is 489 g/mol. The fourth-order valence-electron chi connectivity index (χ4n) is 3.02. The Morgan fingerprint density at radius 3 is 2.77 bits per heavy atom. The number of fused-ring (bicyclic) bond motifs is 1. The summed E-state index contributed by atoms with van der Waals surface area (Å²) < 4.78 is 5.71. The highest BCUT2D eigenvalue weighted by molar-refractivity contribution is 14.0. The fourth-order valence-corrected chi connectivity index (χ4v) is 3.02. The van der Waals surface area contributed by atoms with E-state index in [2.05, 4.69) is 40.2 Å². The van der Waals surface area contributed by atoms with Gasteiger partial charge in [0.1, 0.15) is 18.2 Å². The number of aryl methyl sites for hydroxylation is 1. The minimum Gasteiger partial charge on any atom is -0.489 e. The molecule has 1 aromatic heterocycles. The molecule has 1 heterocycles. The summed E-state index contributed by atoms with van der Waals surface area (Å²) in [4.78, 5) is 12.7. The number of hydrogen-bond donors (Lipinski definition) is 3. The van der Waals surface area contributed by atoms with Crippen molar-refractivity contribution < 1.29 is 4.74 Å². The summed E-state index contributed by atoms with van der Waals surface area (Å²) >= 11 is 0. The first-order valence-electron chi connectivity index (χ1n) is 10.1. The number of hydrogen-bond acceptors (Lipinski definition) is 3. The van der Waals surface area contributed by atoms with Crippen molar-refractivity contribution in [2.24, 2.45) is 4.99 Å². The summed E-state index contributed by atoms with van der Waals surface area (Å²) in [5, 5.41) is 6.69. The standard InChI is InChI=1S/C23H29N5O.HI/c1-3-16-29-21-13-8-5-10-18(21)17-26-23(24-4-2)25-15-9-14-22-27-19-11-6-7-12-20(19)28-22;/h3,5-8,10-13H,1,4,9,14-17H2,2H3,(H,27,28)(H2,24,25,26);1H. The quantitative estimate of drug-likeness (QED) is 0.122. The van der Waals surface area contributed by atoms with Gasteiger partial charge in [0, 0.05) is 25.1 Å². The summed E-state index contributed by atoms with van der Waals surface area (Å²) in [7, 11) is 0. The van der Waals surface area contributed by atoms with Crippen molar-refractivity contribution in [3.8, 4) is 5.75 Å². The number of aliphatic imine (C=N–C) groups is 1. The topological polar surface area (TPSA) is 74.3 Å². The lowest BCUT2D eigenvalue weighted by Crippen LogP contribution is -2.37. The highest BCUT2D eigenvalue weighted by atomic mass is 127. The molecule has 0 aliphatic carbocycles. The average Bonchev–Trinajstić information content (AvgIpc) is 3.17. The van der Waals surface area contributed by atoms with Crippen LogP contribution in [0.4, 0.5) is 0 Å². The van der Waals surface area contributed by atoms with Crippen molar-refractivity contribution in [1.82, 2.24) is 20.6 Å². The van der Waals surface area contributed by atoms with Gasteiger partial charge >= 0.3 is 0 Å². The smallest absolute Gasteiger partial charge is 0.191 e. The highest BCUT2D eigenvalue weighted by Gasteiger charge is 2.04. The second-order valence-electron chi connectivity index (χ2n) is 6.63. The van der Waals surface area contributed by atoms with Crippen molar-refractivity contribution >= 4 is 41.0 Å². The number of ether oxygens (including phenoxy) is 1. The van der Waals surface area contributed by atoms with Gasteiger partial charge in [-0.25, -0.2) is 9.98 Å². The summed E-state index contributed by atoms with van der Waals surface area (Å²) in [6.07, 6.45) is 3.59. The molecule has 0 bridgehead atoms. The van der Waals surface area contributed by atoms with E-state index in [1.54, 1.807) is 6.08 Å². The molecule has 0 atom stereocenters. The number of guanidine groups is 1. The minimum absolute atomic E-state index is 0. The molecule has 0 spiro atoms. The van der Waals surface area contributed by atoms with Crippen LogP contribution in [0.3, 0.4) is 0 Å². The van der Waals surface area contributed by atoms with E-state index in [-0.39, 0.29) is 24.0 Å². The van der Waals surface area contributed by atoms with E-state index in [0.717, 1.165) is 60.1 Å². The van der Waals surface area contributed by atoms with E-state index in [4.69, 9.17) is 9.73 Å². The molecule has 0 aliphatic heterocycles. The zero-order valence-electron chi connectivity index (χ0n) is 17.4. The van der Waals surface area contributed by atoms with Crippen LogP contribution in [0.25, 0.3) is 11.0 Å². The molecule has 3 rings (SSSR count). The Hall–Kier alpha value is -2.55. The van der Waals surface area contributed by atoms with Crippen LogP contribution in [0.5, 0.6) is 5.75 Å². The zero-order valence-corrected chi connectivity index (χ0v) is 19.7. The van der Waals surface area contributed by atoms with E-state index in [1.807, 2.05) is 42.5 Å². The first-order chi connectivity index (χ1) is 14.3. The largest absolute Gasteiger partial charge is 0.489 e. The maximum absolute atomic E-state index is 5.71. The number of para-hydroxylation sites is 3. The predicted octanol–water partition coefficient (Wildman–Crippen LogP) is 4.43. The molecule has 2 aromatic carbocycles. The summed E-state index contributed by atoms with van der Waals surface area (Å²) in [5.41, 5.74) is 3.15. The lowest BCUT2D eigenvalue weighted by Gasteiger charge is -2.12. The minimum atomic E-state index is 0. The molecule has 0 amide bonds. The Morgan fingerprint density at radius 2 is 1.97 bits per heavy atom. The molecular formula is C23H30IN5O. The van der Waals surface area contributed by atoms with E-state index >= 15 is 0 Å². The third-order valence-electron chi connectivity index (χ3n) is 4.40. The van der Waals surface area contributed by atoms with Crippen LogP contribution in [0.1, 0.15) is 24.7 Å². The molecule has 3 aromatic rings. The molecule has 0 unspecified atom stereocenters. The molecule has 0 radical (unpaired) electrons. The molecule has 0 aliphatic rings. The Morgan fingerprint density at radius 1 is 1.17 bits per heavy atom. The average molecular weight is 519 g/mol. The van der Waals surface area contributed by atoms with Gasteiger partial charge in [-0.3, -0.25) is 0 Å². The van der Waals surface area contributed by atoms with Gasteiger partial charge in [-0.05, 0) is 31.5 Å². The van der Waals surface area contributed by atoms with Crippen LogP contribution >= 0.6 is 24.0 Å². The molecule has 30 heavy (non-hydrogen) atoms. The van der Waals surface area contributed by atoms with Crippen molar-refractivity contribution in [2.45, 2.75) is 26.3 Å². The Balaban J connectivity index is 0.00000320. The van der Waals surface area contributed by atoms with Gasteiger partial charge in [0.2, 0.25) is 0 Å². The number of imidazole rings is 1. The maximum atomic E-state index is 5.71. The van der Waals surface area contributed by atoms with Gasteiger partial charge in [0.25, 0.3) is 0 Å². The SMILES string of the molecule is C=CCOc1ccccc1CN=C(NCC)NCCCc1nc2ccccc2[nH]1.I. The van der Waals surface area contributed by atoms with Crippen molar-refractivity contribution in [1.29, 1.82) is 0 Å². The highest BCUT2D eigenvalue weighted by Crippen LogP contribution is 2.18. The number of nitrogens with one attached hydrogen (secondary N) is 3. The lowest BCUT2D eigenvalue weighted by atomic mass is 10.2. The monoisotopic (exact) mass is 519 g/mol. The number of H-pyrrole nitrogens is 1. The Kier molecular flexibility index (Phi) is 10.2. The summed E-state index contributed by atoms with van der Waals surface area (Å²) in [5.74, 6) is 2.66. The Labute approximate surface area is 195 Å². The number of nitrogens with zero attached hydrogens (tertiary/aromatic N) is 2. The molecule has 0 fully saturated rings. The van der Waals surface area contributed by atoms with E-state index in [9.17, 15) is 0 Å². The van der Waals surface area contributed by atoms with Gasteiger partial charge < -0.3 is 20.4 Å². The molecule has 7 heteroatoms. The number of rotatable bonds is 10. The number of aromatic amines is 1. The van der Waals surface area contributed by atoms with Crippen LogP contribution in [-0.2, 0) is 13.0 Å². The van der Waals surface area contributed by atoms with Crippen LogP contribution in [0.2, 0.25) is 0 Å². The van der Waals surface area contributed by atoms with E-state index in [0.29, 0.717) is 13.2 Å². The second-order valence-corrected chi connectivity index (χ2v) is 6.63. The van der Waals surface area contributed by atoms with Gasteiger partial charge in [-0.15, -0.1) is 24.0 Å². The van der Waals surface area contributed by atoms with Crippen LogP contribution < -0.4 is 15.4 Å². The molecule has 6 nitrogen and oxygen atoms in total. The molecule has 0 saturated heterocycles. The second kappa shape index (κ2) is 12.9. The number of halogens is 1. The first-order valence-corrected chi connectivity index (χ1v) is 10.1. The molecule has 0 saturated carbocycles. The number of benzene rings is 2. The Bertz CT molecular complexity index is 920. The molecule has 3 N–H and O–H groups in total. The van der Waals surface area contributed by atoms with Crippen molar-refractivity contribution in [3.63, 3.8) is 0 Å². The maximum Gasteiger partial charge on any atom is 0.191 e. The molecule has 160 valence electrons. The van der Waals surface area contributed by atoms with E-state index in [1.165, 1.54) is 0 Å². The predicted molar refractivity (Wildman–Crippen MR) is 135 cm³/mol. The van der Waals surface area contributed by atoms with Crippen LogP contribution in [0, 0.1) is 0 Å². The first kappa shape index (κ1) is 23.7. The zero-order chi connectivity index (χ0) is 20.3. The van der Waals surface area contributed by atoms with Crippen LogP contribution in [-0.4, -0.2) is 35.6 Å².